The van der Waals surface area contributed by atoms with Crippen molar-refractivity contribution in [2.45, 2.75) is 9.10 Å². The minimum atomic E-state index is -0.956. The summed E-state index contributed by atoms with van der Waals surface area (Å²) in [5, 5.41) is 12.6. The molecule has 2 N–H and O–H groups in total. The number of carboxylic acids is 1. The molecule has 1 saturated heterocycles. The van der Waals surface area contributed by atoms with Gasteiger partial charge < -0.3 is 10.4 Å². The van der Waals surface area contributed by atoms with Gasteiger partial charge in [-0.3, -0.25) is 9.69 Å². The first-order valence-corrected chi connectivity index (χ1v) is 10.6. The Kier molecular flexibility index (Phi) is 5.48. The Labute approximate surface area is 180 Å². The number of hydrogen-bond acceptors (Lipinski definition) is 5. The van der Waals surface area contributed by atoms with Crippen LogP contribution < -0.4 is 10.2 Å². The van der Waals surface area contributed by atoms with Crippen molar-refractivity contribution in [3.05, 3.63) is 82.9 Å². The molecule has 0 aliphatic carbocycles. The quantitative estimate of drug-likeness (QED) is 0.438. The average molecular weight is 439 g/mol. The van der Waals surface area contributed by atoms with E-state index in [2.05, 4.69) is 5.32 Å². The van der Waals surface area contributed by atoms with Crippen LogP contribution >= 0.6 is 35.3 Å². The summed E-state index contributed by atoms with van der Waals surface area (Å²) in [6.45, 7) is 0. The SMILES string of the molecule is O=C(O)c1ccccc1Sc1ccc(/C=C2\NC(=S)N(c3ccccc3)C2=O)s1. The minimum absolute atomic E-state index is 0.208. The lowest BCUT2D eigenvalue weighted by Crippen LogP contribution is -2.30. The van der Waals surface area contributed by atoms with Gasteiger partial charge in [0.2, 0.25) is 0 Å². The predicted octanol–water partition coefficient (Wildman–Crippen LogP) is 4.86. The van der Waals surface area contributed by atoms with E-state index in [1.807, 2.05) is 48.5 Å². The van der Waals surface area contributed by atoms with Gasteiger partial charge in [-0.2, -0.15) is 0 Å². The Morgan fingerprint density at radius 1 is 1.07 bits per heavy atom. The molecule has 2 aromatic carbocycles. The van der Waals surface area contributed by atoms with Crippen molar-refractivity contribution >= 4 is 64.1 Å². The Hall–Kier alpha value is -2.94. The Morgan fingerprint density at radius 3 is 2.55 bits per heavy atom. The maximum absolute atomic E-state index is 12.8. The van der Waals surface area contributed by atoms with Crippen LogP contribution in [0.5, 0.6) is 0 Å². The number of carbonyl (C=O) groups excluding carboxylic acids is 1. The monoisotopic (exact) mass is 438 g/mol. The van der Waals surface area contributed by atoms with Crippen molar-refractivity contribution in [2.75, 3.05) is 4.90 Å². The highest BCUT2D eigenvalue weighted by Gasteiger charge is 2.31. The zero-order valence-corrected chi connectivity index (χ0v) is 17.3. The maximum Gasteiger partial charge on any atom is 0.336 e. The van der Waals surface area contributed by atoms with Crippen LogP contribution in [0.15, 0.2) is 81.5 Å². The summed E-state index contributed by atoms with van der Waals surface area (Å²) in [5.41, 5.74) is 1.39. The van der Waals surface area contributed by atoms with Crippen molar-refractivity contribution < 1.29 is 14.7 Å². The molecule has 0 unspecified atom stereocenters. The lowest BCUT2D eigenvalue weighted by Gasteiger charge is -2.13. The topological polar surface area (TPSA) is 69.6 Å². The lowest BCUT2D eigenvalue weighted by molar-refractivity contribution is -0.113. The van der Waals surface area contributed by atoms with Gasteiger partial charge in [-0.15, -0.1) is 11.3 Å². The summed E-state index contributed by atoms with van der Waals surface area (Å²) in [6, 6.07) is 19.9. The molecule has 5 nitrogen and oxygen atoms in total. The second-order valence-corrected chi connectivity index (χ2v) is 8.87. The van der Waals surface area contributed by atoms with Crippen LogP contribution in [-0.2, 0) is 4.79 Å². The number of amides is 1. The molecule has 0 atom stereocenters. The van der Waals surface area contributed by atoms with E-state index in [1.165, 1.54) is 28.0 Å². The van der Waals surface area contributed by atoms with E-state index >= 15 is 0 Å². The van der Waals surface area contributed by atoms with Gasteiger partial charge in [0, 0.05) is 9.77 Å². The van der Waals surface area contributed by atoms with E-state index < -0.39 is 5.97 Å². The molecule has 0 radical (unpaired) electrons. The van der Waals surface area contributed by atoms with E-state index in [4.69, 9.17) is 12.2 Å². The second-order valence-electron chi connectivity index (χ2n) is 6.02. The van der Waals surface area contributed by atoms with Crippen LogP contribution in [0.2, 0.25) is 0 Å². The summed E-state index contributed by atoms with van der Waals surface area (Å²) < 4.78 is 0.929. The molecule has 0 saturated carbocycles. The van der Waals surface area contributed by atoms with Crippen LogP contribution in [0, 0.1) is 0 Å². The van der Waals surface area contributed by atoms with Gasteiger partial charge in [0.1, 0.15) is 5.70 Å². The lowest BCUT2D eigenvalue weighted by atomic mass is 10.2. The Bertz CT molecular complexity index is 1140. The molecule has 3 aromatic rings. The first-order chi connectivity index (χ1) is 14.0. The molecule has 0 spiro atoms. The molecule has 29 heavy (non-hydrogen) atoms. The fourth-order valence-electron chi connectivity index (χ4n) is 2.80. The van der Waals surface area contributed by atoms with Gasteiger partial charge in [-0.05, 0) is 54.7 Å². The highest BCUT2D eigenvalue weighted by Crippen LogP contribution is 2.36. The average Bonchev–Trinajstić information content (AvgIpc) is 3.26. The molecule has 1 amide bonds. The van der Waals surface area contributed by atoms with Crippen LogP contribution in [0.3, 0.4) is 0 Å². The Morgan fingerprint density at radius 2 is 1.79 bits per heavy atom. The zero-order chi connectivity index (χ0) is 20.4. The molecule has 1 fully saturated rings. The number of benzene rings is 2. The predicted molar refractivity (Wildman–Crippen MR) is 119 cm³/mol. The first kappa shape index (κ1) is 19.4. The summed E-state index contributed by atoms with van der Waals surface area (Å²) in [5.74, 6) is -1.16. The van der Waals surface area contributed by atoms with E-state index in [0.717, 1.165) is 9.09 Å². The number of thiophene rings is 1. The molecule has 1 aromatic heterocycles. The van der Waals surface area contributed by atoms with Crippen molar-refractivity contribution in [2.24, 2.45) is 0 Å². The first-order valence-electron chi connectivity index (χ1n) is 8.55. The van der Waals surface area contributed by atoms with E-state index in [1.54, 1.807) is 24.3 Å². The van der Waals surface area contributed by atoms with Crippen LogP contribution in [-0.4, -0.2) is 22.1 Å². The number of para-hydroxylation sites is 1. The standard InChI is InChI=1S/C21H14N2O3S3/c24-19-16(22-21(27)23(19)13-6-2-1-3-7-13)12-14-10-11-18(28-14)29-17-9-5-4-8-15(17)20(25)26/h1-12H,(H,22,27)(H,25,26)/b16-12-. The van der Waals surface area contributed by atoms with Crippen molar-refractivity contribution in [1.29, 1.82) is 0 Å². The Balaban J connectivity index is 1.55. The third-order valence-electron chi connectivity index (χ3n) is 4.11. The van der Waals surface area contributed by atoms with Gasteiger partial charge in [0.15, 0.2) is 5.11 Å². The molecule has 1 aliphatic heterocycles. The van der Waals surface area contributed by atoms with Crippen molar-refractivity contribution in [3.63, 3.8) is 0 Å². The van der Waals surface area contributed by atoms with Gasteiger partial charge in [-0.25, -0.2) is 4.79 Å². The maximum atomic E-state index is 12.8. The number of anilines is 1. The fraction of sp³-hybridized carbons (Fsp3) is 0. The van der Waals surface area contributed by atoms with Gasteiger partial charge in [-0.1, -0.05) is 42.1 Å². The molecule has 144 valence electrons. The summed E-state index contributed by atoms with van der Waals surface area (Å²) in [4.78, 5) is 27.2. The number of carbonyl (C=O) groups is 2. The number of carboxylic acid groups (broad SMARTS) is 1. The number of nitrogens with one attached hydrogen (secondary N) is 1. The third-order valence-corrected chi connectivity index (χ3v) is 6.63. The second kappa shape index (κ2) is 8.20. The number of thiocarbonyl (C=S) groups is 1. The molecular formula is C21H14N2O3S3. The minimum Gasteiger partial charge on any atom is -0.478 e. The van der Waals surface area contributed by atoms with Crippen LogP contribution in [0.25, 0.3) is 6.08 Å². The van der Waals surface area contributed by atoms with Gasteiger partial charge >= 0.3 is 5.97 Å². The number of aromatic carboxylic acids is 1. The van der Waals surface area contributed by atoms with Crippen LogP contribution in [0.4, 0.5) is 5.69 Å². The largest absolute Gasteiger partial charge is 0.478 e. The van der Waals surface area contributed by atoms with Crippen LogP contribution in [0.1, 0.15) is 15.2 Å². The smallest absolute Gasteiger partial charge is 0.336 e. The van der Waals surface area contributed by atoms with Crippen molar-refractivity contribution in [3.8, 4) is 0 Å². The molecule has 4 rings (SSSR count). The third kappa shape index (κ3) is 4.09. The normalized spacial score (nSPS) is 15.0. The molecule has 0 bridgehead atoms. The van der Waals surface area contributed by atoms with E-state index in [0.29, 0.717) is 21.4 Å². The van der Waals surface area contributed by atoms with E-state index in [9.17, 15) is 14.7 Å². The number of hydrogen-bond donors (Lipinski definition) is 2. The molecular weight excluding hydrogens is 424 g/mol. The number of nitrogens with zero attached hydrogens (tertiary/aromatic N) is 1. The molecule has 2 heterocycles. The highest BCUT2D eigenvalue weighted by atomic mass is 32.2. The summed E-state index contributed by atoms with van der Waals surface area (Å²) in [6.07, 6.45) is 1.76. The van der Waals surface area contributed by atoms with E-state index in [-0.39, 0.29) is 11.5 Å². The molecule has 1 aliphatic rings. The number of rotatable bonds is 5. The van der Waals surface area contributed by atoms with Gasteiger partial charge in [0.05, 0.1) is 15.5 Å². The highest BCUT2D eigenvalue weighted by molar-refractivity contribution is 8.01. The summed E-state index contributed by atoms with van der Waals surface area (Å²) >= 11 is 8.18. The van der Waals surface area contributed by atoms with Crippen molar-refractivity contribution in [1.82, 2.24) is 5.32 Å². The zero-order valence-electron chi connectivity index (χ0n) is 14.9. The molecule has 8 heteroatoms. The summed E-state index contributed by atoms with van der Waals surface area (Å²) in [7, 11) is 0. The van der Waals surface area contributed by atoms with Gasteiger partial charge in [0.25, 0.3) is 5.91 Å². The fourth-order valence-corrected chi connectivity index (χ4v) is 5.27.